The van der Waals surface area contributed by atoms with Gasteiger partial charge in [0.15, 0.2) is 0 Å². The van der Waals surface area contributed by atoms with Crippen molar-refractivity contribution >= 4 is 10.9 Å². The second-order valence-electron chi connectivity index (χ2n) is 3.01. The number of aromatic nitrogens is 1. The molecule has 1 heterocycles. The van der Waals surface area contributed by atoms with E-state index in [2.05, 4.69) is 4.98 Å². The highest BCUT2D eigenvalue weighted by atomic mass is 16.3. The van der Waals surface area contributed by atoms with Crippen LogP contribution in [0.15, 0.2) is 29.1 Å². The van der Waals surface area contributed by atoms with Gasteiger partial charge in [0.05, 0.1) is 12.1 Å². The van der Waals surface area contributed by atoms with Gasteiger partial charge in [-0.3, -0.25) is 4.79 Å². The number of aromatic hydroxyl groups is 1. The van der Waals surface area contributed by atoms with Gasteiger partial charge in [0.1, 0.15) is 5.75 Å². The first-order valence-corrected chi connectivity index (χ1v) is 4.17. The molecule has 4 heteroatoms. The number of phenolic OH excluding ortho intramolecular Hbond substituents is 1. The molecule has 0 aliphatic carbocycles. The van der Waals surface area contributed by atoms with Crippen LogP contribution in [0.1, 0.15) is 5.56 Å². The van der Waals surface area contributed by atoms with Crippen molar-refractivity contribution in [3.8, 4) is 5.75 Å². The van der Waals surface area contributed by atoms with Gasteiger partial charge >= 0.3 is 0 Å². The van der Waals surface area contributed by atoms with Crippen molar-refractivity contribution in [1.29, 1.82) is 0 Å². The zero-order valence-electron chi connectivity index (χ0n) is 7.32. The van der Waals surface area contributed by atoms with E-state index in [9.17, 15) is 9.90 Å². The fourth-order valence-electron chi connectivity index (χ4n) is 1.43. The lowest BCUT2D eigenvalue weighted by molar-refractivity contribution is 0.283. The molecule has 0 atom stereocenters. The van der Waals surface area contributed by atoms with Gasteiger partial charge in [-0.25, -0.2) is 0 Å². The summed E-state index contributed by atoms with van der Waals surface area (Å²) >= 11 is 0. The SMILES string of the molecule is O=c1ccc2c(CO)ccc(O)c2[nH]1. The minimum Gasteiger partial charge on any atom is -0.506 e. The third-order valence-corrected chi connectivity index (χ3v) is 2.13. The smallest absolute Gasteiger partial charge is 0.248 e. The standard InChI is InChI=1S/C10H9NO3/c12-5-6-1-3-8(13)10-7(6)2-4-9(14)11-10/h1-4,12-13H,5H2,(H,11,14). The zero-order valence-corrected chi connectivity index (χ0v) is 7.32. The van der Waals surface area contributed by atoms with Crippen molar-refractivity contribution in [3.63, 3.8) is 0 Å². The molecule has 1 aromatic heterocycles. The van der Waals surface area contributed by atoms with Crippen LogP contribution in [0.3, 0.4) is 0 Å². The maximum absolute atomic E-state index is 11.0. The van der Waals surface area contributed by atoms with Crippen molar-refractivity contribution in [1.82, 2.24) is 4.98 Å². The summed E-state index contributed by atoms with van der Waals surface area (Å²) < 4.78 is 0. The predicted molar refractivity (Wildman–Crippen MR) is 52.2 cm³/mol. The van der Waals surface area contributed by atoms with E-state index in [0.717, 1.165) is 0 Å². The van der Waals surface area contributed by atoms with E-state index in [0.29, 0.717) is 16.5 Å². The van der Waals surface area contributed by atoms with Crippen LogP contribution in [0, 0.1) is 0 Å². The highest BCUT2D eigenvalue weighted by Gasteiger charge is 2.04. The average molecular weight is 191 g/mol. The number of hydrogen-bond donors (Lipinski definition) is 3. The van der Waals surface area contributed by atoms with Gasteiger partial charge in [-0.15, -0.1) is 0 Å². The van der Waals surface area contributed by atoms with Crippen LogP contribution in [0.25, 0.3) is 10.9 Å². The van der Waals surface area contributed by atoms with Crippen LogP contribution in [0.2, 0.25) is 0 Å². The van der Waals surface area contributed by atoms with E-state index in [1.54, 1.807) is 12.1 Å². The lowest BCUT2D eigenvalue weighted by Crippen LogP contribution is -2.03. The lowest BCUT2D eigenvalue weighted by Gasteiger charge is -2.04. The zero-order chi connectivity index (χ0) is 10.1. The lowest BCUT2D eigenvalue weighted by atomic mass is 10.1. The van der Waals surface area contributed by atoms with E-state index < -0.39 is 0 Å². The topological polar surface area (TPSA) is 73.3 Å². The van der Waals surface area contributed by atoms with Gasteiger partial charge in [-0.1, -0.05) is 6.07 Å². The highest BCUT2D eigenvalue weighted by molar-refractivity contribution is 5.86. The Morgan fingerprint density at radius 1 is 1.21 bits per heavy atom. The molecule has 0 aliphatic rings. The molecule has 0 spiro atoms. The number of benzene rings is 1. The van der Waals surface area contributed by atoms with Gasteiger partial charge in [0, 0.05) is 11.5 Å². The molecule has 0 amide bonds. The maximum Gasteiger partial charge on any atom is 0.248 e. The molecule has 0 saturated heterocycles. The normalized spacial score (nSPS) is 10.6. The molecular formula is C10H9NO3. The third-order valence-electron chi connectivity index (χ3n) is 2.13. The number of aliphatic hydroxyl groups excluding tert-OH is 1. The molecule has 0 bridgehead atoms. The second kappa shape index (κ2) is 3.16. The third kappa shape index (κ3) is 1.25. The minimum atomic E-state index is -0.275. The van der Waals surface area contributed by atoms with Crippen molar-refractivity contribution < 1.29 is 10.2 Å². The predicted octanol–water partition coefficient (Wildman–Crippen LogP) is 0.726. The Labute approximate surface area is 79.4 Å². The summed E-state index contributed by atoms with van der Waals surface area (Å²) in [5, 5.41) is 19.1. The minimum absolute atomic E-state index is 0.00917. The number of fused-ring (bicyclic) bond motifs is 1. The maximum atomic E-state index is 11.0. The van der Waals surface area contributed by atoms with Gasteiger partial charge in [-0.2, -0.15) is 0 Å². The Kier molecular flexibility index (Phi) is 1.98. The monoisotopic (exact) mass is 191 g/mol. The van der Waals surface area contributed by atoms with Crippen molar-refractivity contribution in [2.24, 2.45) is 0 Å². The molecule has 0 unspecified atom stereocenters. The van der Waals surface area contributed by atoms with E-state index in [-0.39, 0.29) is 17.9 Å². The fraction of sp³-hybridized carbons (Fsp3) is 0.100. The first-order valence-electron chi connectivity index (χ1n) is 4.17. The molecule has 14 heavy (non-hydrogen) atoms. The molecule has 0 radical (unpaired) electrons. The van der Waals surface area contributed by atoms with Gasteiger partial charge < -0.3 is 15.2 Å². The van der Waals surface area contributed by atoms with E-state index >= 15 is 0 Å². The summed E-state index contributed by atoms with van der Waals surface area (Å²) in [4.78, 5) is 13.5. The van der Waals surface area contributed by atoms with Crippen LogP contribution in [-0.4, -0.2) is 15.2 Å². The van der Waals surface area contributed by atoms with Crippen molar-refractivity contribution in [2.75, 3.05) is 0 Å². The van der Waals surface area contributed by atoms with Crippen LogP contribution in [-0.2, 0) is 6.61 Å². The van der Waals surface area contributed by atoms with Crippen LogP contribution in [0.5, 0.6) is 5.75 Å². The number of rotatable bonds is 1. The first-order chi connectivity index (χ1) is 6.72. The molecule has 2 rings (SSSR count). The number of nitrogens with one attached hydrogen (secondary N) is 1. The Bertz CT molecular complexity index is 530. The van der Waals surface area contributed by atoms with E-state index in [1.165, 1.54) is 12.1 Å². The van der Waals surface area contributed by atoms with E-state index in [4.69, 9.17) is 5.11 Å². The van der Waals surface area contributed by atoms with Crippen LogP contribution < -0.4 is 5.56 Å². The molecule has 0 aliphatic heterocycles. The molecule has 0 saturated carbocycles. The van der Waals surface area contributed by atoms with E-state index in [1.807, 2.05) is 0 Å². The molecule has 1 aromatic carbocycles. The summed E-state index contributed by atoms with van der Waals surface area (Å²) in [5.74, 6) is 0.00917. The summed E-state index contributed by atoms with van der Waals surface area (Å²) in [5.41, 5.74) is 0.765. The Morgan fingerprint density at radius 3 is 2.71 bits per heavy atom. The molecule has 2 aromatic rings. The summed E-state index contributed by atoms with van der Waals surface area (Å²) in [6.45, 7) is -0.122. The molecule has 4 nitrogen and oxygen atoms in total. The number of pyridine rings is 1. The Morgan fingerprint density at radius 2 is 2.00 bits per heavy atom. The first kappa shape index (κ1) is 8.77. The van der Waals surface area contributed by atoms with Gasteiger partial charge in [0.2, 0.25) is 5.56 Å². The number of H-pyrrole nitrogens is 1. The molecule has 3 N–H and O–H groups in total. The van der Waals surface area contributed by atoms with Crippen molar-refractivity contribution in [2.45, 2.75) is 6.61 Å². The number of aromatic amines is 1. The van der Waals surface area contributed by atoms with Crippen LogP contribution in [0.4, 0.5) is 0 Å². The molecule has 72 valence electrons. The highest BCUT2D eigenvalue weighted by Crippen LogP contribution is 2.24. The largest absolute Gasteiger partial charge is 0.506 e. The number of phenols is 1. The number of aliphatic hydroxyl groups is 1. The quantitative estimate of drug-likeness (QED) is 0.622. The Hall–Kier alpha value is -1.81. The number of hydrogen-bond acceptors (Lipinski definition) is 3. The molecule has 0 fully saturated rings. The van der Waals surface area contributed by atoms with Crippen LogP contribution >= 0.6 is 0 Å². The summed E-state index contributed by atoms with van der Waals surface area (Å²) in [7, 11) is 0. The fourth-order valence-corrected chi connectivity index (χ4v) is 1.43. The van der Waals surface area contributed by atoms with Gasteiger partial charge in [0.25, 0.3) is 0 Å². The second-order valence-corrected chi connectivity index (χ2v) is 3.01. The average Bonchev–Trinajstić information content (AvgIpc) is 2.19. The van der Waals surface area contributed by atoms with Crippen molar-refractivity contribution in [3.05, 3.63) is 40.2 Å². The van der Waals surface area contributed by atoms with Gasteiger partial charge in [-0.05, 0) is 17.7 Å². The summed E-state index contributed by atoms with van der Waals surface area (Å²) in [6.07, 6.45) is 0. The summed E-state index contributed by atoms with van der Waals surface area (Å²) in [6, 6.07) is 6.01. The molecular weight excluding hydrogens is 182 g/mol. The Balaban J connectivity index is 2.91.